The smallest absolute Gasteiger partial charge is 0.149 e. The second-order valence-electron chi connectivity index (χ2n) is 5.17. The fourth-order valence-electron chi connectivity index (χ4n) is 2.43. The molecule has 4 heteroatoms. The molecule has 0 saturated carbocycles. The van der Waals surface area contributed by atoms with Gasteiger partial charge in [0.25, 0.3) is 0 Å². The van der Waals surface area contributed by atoms with Crippen LogP contribution in [0.5, 0.6) is 5.75 Å². The van der Waals surface area contributed by atoms with Crippen LogP contribution in [0, 0.1) is 13.8 Å². The molecule has 0 saturated heterocycles. The van der Waals surface area contributed by atoms with E-state index in [1.54, 1.807) is 19.5 Å². The number of benzene rings is 1. The van der Waals surface area contributed by atoms with Gasteiger partial charge in [0.1, 0.15) is 11.6 Å². The molecule has 0 aliphatic carbocycles. The van der Waals surface area contributed by atoms with Gasteiger partial charge in [-0.1, -0.05) is 13.0 Å². The van der Waals surface area contributed by atoms with Crippen molar-refractivity contribution in [3.8, 4) is 5.75 Å². The van der Waals surface area contributed by atoms with E-state index in [0.29, 0.717) is 0 Å². The molecule has 1 aromatic carbocycles. The summed E-state index contributed by atoms with van der Waals surface area (Å²) in [5, 5.41) is 3.54. The Kier molecular flexibility index (Phi) is 5.28. The van der Waals surface area contributed by atoms with Crippen molar-refractivity contribution >= 4 is 0 Å². The minimum absolute atomic E-state index is 0.00996. The summed E-state index contributed by atoms with van der Waals surface area (Å²) < 4.78 is 5.40. The number of aromatic nitrogens is 2. The Bertz CT molecular complexity index is 584. The molecule has 1 unspecified atom stereocenters. The molecule has 2 aromatic rings. The van der Waals surface area contributed by atoms with Gasteiger partial charge in [0.05, 0.1) is 13.2 Å². The minimum Gasteiger partial charge on any atom is -0.496 e. The molecule has 0 fully saturated rings. The zero-order chi connectivity index (χ0) is 15.2. The molecular weight excluding hydrogens is 262 g/mol. The van der Waals surface area contributed by atoms with E-state index < -0.39 is 0 Å². The number of hydrogen-bond acceptors (Lipinski definition) is 4. The van der Waals surface area contributed by atoms with Crippen molar-refractivity contribution in [3.05, 3.63) is 53.1 Å². The van der Waals surface area contributed by atoms with Crippen molar-refractivity contribution in [2.75, 3.05) is 13.7 Å². The fraction of sp³-hybridized carbons (Fsp3) is 0.412. The predicted octanol–water partition coefficient (Wildman–Crippen LogP) is 3.19. The summed E-state index contributed by atoms with van der Waals surface area (Å²) >= 11 is 0. The molecular formula is C17H23N3O. The van der Waals surface area contributed by atoms with Gasteiger partial charge in [-0.25, -0.2) is 9.97 Å². The zero-order valence-corrected chi connectivity index (χ0v) is 13.2. The van der Waals surface area contributed by atoms with E-state index >= 15 is 0 Å². The molecule has 0 spiro atoms. The first kappa shape index (κ1) is 15.4. The number of ether oxygens (including phenoxy) is 1. The molecule has 0 radical (unpaired) electrons. The molecule has 1 N–H and O–H groups in total. The first-order valence-corrected chi connectivity index (χ1v) is 7.32. The van der Waals surface area contributed by atoms with Crippen LogP contribution in [0.25, 0.3) is 0 Å². The van der Waals surface area contributed by atoms with E-state index in [1.165, 1.54) is 11.1 Å². The van der Waals surface area contributed by atoms with Crippen molar-refractivity contribution < 1.29 is 4.74 Å². The summed E-state index contributed by atoms with van der Waals surface area (Å²) in [5.74, 6) is 1.72. The molecule has 21 heavy (non-hydrogen) atoms. The van der Waals surface area contributed by atoms with Gasteiger partial charge < -0.3 is 10.1 Å². The van der Waals surface area contributed by atoms with Crippen LogP contribution in [-0.2, 0) is 0 Å². The van der Waals surface area contributed by atoms with Gasteiger partial charge in [-0.05, 0) is 55.6 Å². The molecule has 1 aromatic heterocycles. The second-order valence-corrected chi connectivity index (χ2v) is 5.17. The lowest BCUT2D eigenvalue weighted by atomic mass is 9.97. The molecule has 4 nitrogen and oxygen atoms in total. The van der Waals surface area contributed by atoms with E-state index in [9.17, 15) is 0 Å². The number of rotatable bonds is 6. The Morgan fingerprint density at radius 3 is 2.48 bits per heavy atom. The van der Waals surface area contributed by atoms with E-state index in [4.69, 9.17) is 4.74 Å². The van der Waals surface area contributed by atoms with Crippen LogP contribution >= 0.6 is 0 Å². The highest BCUT2D eigenvalue weighted by Crippen LogP contribution is 2.28. The monoisotopic (exact) mass is 285 g/mol. The molecule has 112 valence electrons. The number of nitrogens with zero attached hydrogens (tertiary/aromatic N) is 2. The summed E-state index contributed by atoms with van der Waals surface area (Å²) in [5.41, 5.74) is 3.50. The highest BCUT2D eigenvalue weighted by molar-refractivity contribution is 5.44. The van der Waals surface area contributed by atoms with E-state index in [2.05, 4.69) is 48.2 Å². The van der Waals surface area contributed by atoms with Gasteiger partial charge in [0.15, 0.2) is 0 Å². The second kappa shape index (κ2) is 7.18. The van der Waals surface area contributed by atoms with Gasteiger partial charge in [0, 0.05) is 12.4 Å². The van der Waals surface area contributed by atoms with Crippen LogP contribution in [0.3, 0.4) is 0 Å². The van der Waals surface area contributed by atoms with Crippen LogP contribution in [0.1, 0.15) is 41.9 Å². The third kappa shape index (κ3) is 3.58. The topological polar surface area (TPSA) is 47.0 Å². The van der Waals surface area contributed by atoms with Crippen molar-refractivity contribution in [2.45, 2.75) is 33.2 Å². The van der Waals surface area contributed by atoms with Crippen molar-refractivity contribution in [1.29, 1.82) is 0 Å². The Morgan fingerprint density at radius 1 is 1.14 bits per heavy atom. The van der Waals surface area contributed by atoms with Gasteiger partial charge in [-0.2, -0.15) is 0 Å². The summed E-state index contributed by atoms with van der Waals surface area (Å²) in [6.45, 7) is 7.24. The number of hydrogen-bond donors (Lipinski definition) is 1. The van der Waals surface area contributed by atoms with Gasteiger partial charge >= 0.3 is 0 Å². The maximum absolute atomic E-state index is 5.40. The highest BCUT2D eigenvalue weighted by atomic mass is 16.5. The van der Waals surface area contributed by atoms with Gasteiger partial charge in [-0.3, -0.25) is 0 Å². The first-order chi connectivity index (χ1) is 10.2. The Morgan fingerprint density at radius 2 is 1.86 bits per heavy atom. The average Bonchev–Trinajstić information content (AvgIpc) is 2.51. The van der Waals surface area contributed by atoms with E-state index in [1.807, 2.05) is 6.07 Å². The Balaban J connectivity index is 2.44. The lowest BCUT2D eigenvalue weighted by Crippen LogP contribution is -2.25. The highest BCUT2D eigenvalue weighted by Gasteiger charge is 2.19. The van der Waals surface area contributed by atoms with Crippen LogP contribution in [0.15, 0.2) is 30.6 Å². The average molecular weight is 285 g/mol. The van der Waals surface area contributed by atoms with Crippen molar-refractivity contribution in [1.82, 2.24) is 15.3 Å². The Labute approximate surface area is 126 Å². The number of methoxy groups -OCH3 is 1. The molecule has 0 amide bonds. The maximum atomic E-state index is 5.40. The van der Waals surface area contributed by atoms with Crippen LogP contribution < -0.4 is 10.1 Å². The fourth-order valence-corrected chi connectivity index (χ4v) is 2.43. The van der Waals surface area contributed by atoms with E-state index in [-0.39, 0.29) is 6.04 Å². The third-order valence-corrected chi connectivity index (χ3v) is 3.54. The predicted molar refractivity (Wildman–Crippen MR) is 84.6 cm³/mol. The summed E-state index contributed by atoms with van der Waals surface area (Å²) in [6.07, 6.45) is 4.64. The quantitative estimate of drug-likeness (QED) is 0.885. The Hall–Kier alpha value is -1.94. The SMILES string of the molecule is CCCNC(c1ncccn1)c1cc(C)c(OC)cc1C. The summed E-state index contributed by atoms with van der Waals surface area (Å²) in [7, 11) is 1.70. The van der Waals surface area contributed by atoms with Crippen molar-refractivity contribution in [3.63, 3.8) is 0 Å². The minimum atomic E-state index is 0.00996. The molecule has 0 bridgehead atoms. The summed E-state index contributed by atoms with van der Waals surface area (Å²) in [6, 6.07) is 6.09. The largest absolute Gasteiger partial charge is 0.496 e. The van der Waals surface area contributed by atoms with Crippen LogP contribution in [0.4, 0.5) is 0 Å². The molecule has 2 rings (SSSR count). The number of nitrogens with one attached hydrogen (secondary N) is 1. The first-order valence-electron chi connectivity index (χ1n) is 7.32. The lowest BCUT2D eigenvalue weighted by molar-refractivity contribution is 0.411. The van der Waals surface area contributed by atoms with Gasteiger partial charge in [-0.15, -0.1) is 0 Å². The van der Waals surface area contributed by atoms with Gasteiger partial charge in [0.2, 0.25) is 0 Å². The van der Waals surface area contributed by atoms with Crippen LogP contribution in [-0.4, -0.2) is 23.6 Å². The standard InChI is InChI=1S/C17H23N3O/c1-5-7-18-16(17-19-8-6-9-20-17)14-10-13(3)15(21-4)11-12(14)2/h6,8-11,16,18H,5,7H2,1-4H3. The zero-order valence-electron chi connectivity index (χ0n) is 13.2. The molecule has 0 aliphatic rings. The van der Waals surface area contributed by atoms with E-state index in [0.717, 1.165) is 30.1 Å². The molecule has 1 atom stereocenters. The molecule has 0 aliphatic heterocycles. The third-order valence-electron chi connectivity index (χ3n) is 3.54. The lowest BCUT2D eigenvalue weighted by Gasteiger charge is -2.21. The normalized spacial score (nSPS) is 12.2. The van der Waals surface area contributed by atoms with Crippen LogP contribution in [0.2, 0.25) is 0 Å². The van der Waals surface area contributed by atoms with Crippen molar-refractivity contribution in [2.24, 2.45) is 0 Å². The molecule has 1 heterocycles. The number of aryl methyl sites for hydroxylation is 2. The maximum Gasteiger partial charge on any atom is 0.149 e. The summed E-state index contributed by atoms with van der Waals surface area (Å²) in [4.78, 5) is 8.83.